The van der Waals surface area contributed by atoms with Crippen LogP contribution in [0.4, 0.5) is 34.1 Å². The van der Waals surface area contributed by atoms with Gasteiger partial charge < -0.3 is 9.80 Å². The normalized spacial score (nSPS) is 14.5. The van der Waals surface area contributed by atoms with Crippen molar-refractivity contribution in [3.63, 3.8) is 0 Å². The second-order valence-electron chi connectivity index (χ2n) is 16.4. The molecule has 290 valence electrons. The molecule has 0 bridgehead atoms. The number of thiophene rings is 1. The Morgan fingerprint density at radius 3 is 1.61 bits per heavy atom. The summed E-state index contributed by atoms with van der Waals surface area (Å²) in [5.41, 5.74) is 16.5. The van der Waals surface area contributed by atoms with Crippen LogP contribution in [0.15, 0.2) is 231 Å². The molecular weight excluding hydrogens is 769 g/mol. The van der Waals surface area contributed by atoms with E-state index in [0.29, 0.717) is 0 Å². The summed E-state index contributed by atoms with van der Waals surface area (Å²) in [7, 11) is 0. The molecular formula is C59H38N2S. The lowest BCUT2D eigenvalue weighted by molar-refractivity contribution is 0.793. The minimum Gasteiger partial charge on any atom is -0.310 e. The minimum atomic E-state index is -0.649. The summed E-state index contributed by atoms with van der Waals surface area (Å²) in [5, 5.41) is 5.04. The van der Waals surface area contributed by atoms with E-state index in [0.717, 1.165) is 22.7 Å². The zero-order chi connectivity index (χ0) is 40.8. The minimum absolute atomic E-state index is 0.649. The summed E-state index contributed by atoms with van der Waals surface area (Å²) in [6, 6.07) is 85.4. The number of para-hydroxylation sites is 3. The molecule has 0 N–H and O–H groups in total. The van der Waals surface area contributed by atoms with Gasteiger partial charge in [-0.2, -0.15) is 0 Å². The van der Waals surface area contributed by atoms with E-state index in [9.17, 15) is 0 Å². The lowest BCUT2D eigenvalue weighted by Crippen LogP contribution is -2.28. The summed E-state index contributed by atoms with van der Waals surface area (Å²) in [4.78, 5) is 4.98. The van der Waals surface area contributed by atoms with Gasteiger partial charge >= 0.3 is 0 Å². The van der Waals surface area contributed by atoms with Crippen LogP contribution >= 0.6 is 11.3 Å². The number of benzene rings is 10. The van der Waals surface area contributed by atoms with Crippen molar-refractivity contribution in [1.29, 1.82) is 0 Å². The SMILES string of the molecule is c1ccc(N(c2ccccc2)c2ccc3c(c2)C2(c4ccccc4-3)c3ccccc3-c3c2c(N(c2ccccc2)c2cccc4sc5ccccc5c24)cc2ccccc32)cc1. The van der Waals surface area contributed by atoms with Gasteiger partial charge in [-0.05, 0) is 123 Å². The van der Waals surface area contributed by atoms with Crippen molar-refractivity contribution in [3.8, 4) is 22.3 Å². The van der Waals surface area contributed by atoms with Gasteiger partial charge in [-0.15, -0.1) is 11.3 Å². The lowest BCUT2D eigenvalue weighted by Gasteiger charge is -2.37. The van der Waals surface area contributed by atoms with Crippen LogP contribution in [-0.4, -0.2) is 0 Å². The number of anilines is 6. The standard InChI is InChI=1S/C59H38N2S/c1-4-20-40(21-5-1)60(41-22-6-2-7-23-41)43-35-36-46-45-27-12-15-30-49(45)59(51(46)38-43)50-31-16-13-28-47(50)56-44-26-11-10-19-39(44)37-53(58(56)59)61(42-24-8-3-9-25-42)52-32-18-34-55-57(52)48-29-14-17-33-54(48)62-55/h1-38H. The first-order valence-electron chi connectivity index (χ1n) is 21.4. The summed E-state index contributed by atoms with van der Waals surface area (Å²) in [5.74, 6) is 0. The Balaban J connectivity index is 1.19. The molecule has 2 nitrogen and oxygen atoms in total. The maximum absolute atomic E-state index is 2.57. The zero-order valence-electron chi connectivity index (χ0n) is 33.7. The lowest BCUT2D eigenvalue weighted by atomic mass is 9.69. The third-order valence-corrected chi connectivity index (χ3v) is 14.3. The van der Waals surface area contributed by atoms with Crippen LogP contribution in [0.3, 0.4) is 0 Å². The average Bonchev–Trinajstić information content (AvgIpc) is 3.98. The highest BCUT2D eigenvalue weighted by Gasteiger charge is 2.54. The van der Waals surface area contributed by atoms with Gasteiger partial charge in [-0.25, -0.2) is 0 Å². The van der Waals surface area contributed by atoms with Crippen LogP contribution in [0.2, 0.25) is 0 Å². The molecule has 11 aromatic rings. The van der Waals surface area contributed by atoms with Crippen molar-refractivity contribution in [1.82, 2.24) is 0 Å². The molecule has 13 rings (SSSR count). The van der Waals surface area contributed by atoms with E-state index in [2.05, 4.69) is 240 Å². The largest absolute Gasteiger partial charge is 0.310 e. The van der Waals surface area contributed by atoms with Crippen LogP contribution in [0.5, 0.6) is 0 Å². The van der Waals surface area contributed by atoms with E-state index < -0.39 is 5.41 Å². The third kappa shape index (κ3) is 4.91. The van der Waals surface area contributed by atoms with Crippen LogP contribution in [-0.2, 0) is 5.41 Å². The van der Waals surface area contributed by atoms with Crippen LogP contribution in [0, 0.1) is 0 Å². The van der Waals surface area contributed by atoms with E-state index in [4.69, 9.17) is 0 Å². The highest BCUT2D eigenvalue weighted by molar-refractivity contribution is 7.26. The highest BCUT2D eigenvalue weighted by Crippen LogP contribution is 2.67. The molecule has 2 aliphatic rings. The Labute approximate surface area is 364 Å². The molecule has 0 amide bonds. The maximum atomic E-state index is 2.57. The number of fused-ring (bicyclic) bond motifs is 15. The molecule has 2 aliphatic carbocycles. The second kappa shape index (κ2) is 13.7. The molecule has 0 fully saturated rings. The fourth-order valence-corrected chi connectivity index (χ4v) is 12.0. The zero-order valence-corrected chi connectivity index (χ0v) is 34.6. The fraction of sp³-hybridized carbons (Fsp3) is 0.0169. The first kappa shape index (κ1) is 35.1. The molecule has 62 heavy (non-hydrogen) atoms. The quantitative estimate of drug-likeness (QED) is 0.165. The maximum Gasteiger partial charge on any atom is 0.0747 e. The summed E-state index contributed by atoms with van der Waals surface area (Å²) >= 11 is 1.87. The number of nitrogens with zero attached hydrogens (tertiary/aromatic N) is 2. The van der Waals surface area contributed by atoms with Crippen LogP contribution < -0.4 is 9.80 Å². The predicted octanol–water partition coefficient (Wildman–Crippen LogP) is 16.5. The Bertz CT molecular complexity index is 3500. The first-order valence-corrected chi connectivity index (χ1v) is 22.2. The van der Waals surface area contributed by atoms with E-state index in [-0.39, 0.29) is 0 Å². The van der Waals surface area contributed by atoms with Gasteiger partial charge in [0.15, 0.2) is 0 Å². The third-order valence-electron chi connectivity index (χ3n) is 13.2. The van der Waals surface area contributed by atoms with Crippen molar-refractivity contribution < 1.29 is 0 Å². The van der Waals surface area contributed by atoms with Gasteiger partial charge in [-0.1, -0.05) is 158 Å². The molecule has 0 radical (unpaired) electrons. The second-order valence-corrected chi connectivity index (χ2v) is 17.4. The van der Waals surface area contributed by atoms with E-state index in [1.54, 1.807) is 0 Å². The van der Waals surface area contributed by atoms with Crippen molar-refractivity contribution >= 4 is 76.4 Å². The highest BCUT2D eigenvalue weighted by atomic mass is 32.1. The van der Waals surface area contributed by atoms with Gasteiger partial charge in [0.1, 0.15) is 0 Å². The Hall–Kier alpha value is -7.72. The van der Waals surface area contributed by atoms with Crippen LogP contribution in [0.25, 0.3) is 53.2 Å². The van der Waals surface area contributed by atoms with Crippen molar-refractivity contribution in [2.75, 3.05) is 9.80 Å². The summed E-state index contributed by atoms with van der Waals surface area (Å²) < 4.78 is 2.58. The van der Waals surface area contributed by atoms with Crippen molar-refractivity contribution in [3.05, 3.63) is 253 Å². The Morgan fingerprint density at radius 2 is 0.887 bits per heavy atom. The fourth-order valence-electron chi connectivity index (χ4n) is 10.8. The van der Waals surface area contributed by atoms with E-state index >= 15 is 0 Å². The Morgan fingerprint density at radius 1 is 0.339 bits per heavy atom. The topological polar surface area (TPSA) is 6.48 Å². The van der Waals surface area contributed by atoms with Gasteiger partial charge in [0.05, 0.1) is 16.8 Å². The average molecular weight is 807 g/mol. The summed E-state index contributed by atoms with van der Waals surface area (Å²) in [6.45, 7) is 0. The van der Waals surface area contributed by atoms with Crippen LogP contribution in [0.1, 0.15) is 22.3 Å². The molecule has 1 spiro atoms. The van der Waals surface area contributed by atoms with Crippen molar-refractivity contribution in [2.45, 2.75) is 5.41 Å². The molecule has 1 heterocycles. The van der Waals surface area contributed by atoms with Gasteiger partial charge in [0.25, 0.3) is 0 Å². The van der Waals surface area contributed by atoms with E-state index in [1.807, 2.05) is 11.3 Å². The molecule has 0 aliphatic heterocycles. The first-order chi connectivity index (χ1) is 30.8. The van der Waals surface area contributed by atoms with E-state index in [1.165, 1.54) is 86.8 Å². The molecule has 3 heteroatoms. The molecule has 10 aromatic carbocycles. The molecule has 0 saturated carbocycles. The molecule has 0 saturated heterocycles. The smallest absolute Gasteiger partial charge is 0.0747 e. The van der Waals surface area contributed by atoms with Gasteiger partial charge in [0.2, 0.25) is 0 Å². The molecule has 1 atom stereocenters. The summed E-state index contributed by atoms with van der Waals surface area (Å²) in [6.07, 6.45) is 0. The molecule has 1 aromatic heterocycles. The van der Waals surface area contributed by atoms with Gasteiger partial charge in [-0.3, -0.25) is 0 Å². The molecule has 1 unspecified atom stereocenters. The predicted molar refractivity (Wildman–Crippen MR) is 263 cm³/mol. The Kier molecular flexibility index (Phi) is 7.72. The van der Waals surface area contributed by atoms with Gasteiger partial charge in [0, 0.05) is 48.5 Å². The monoisotopic (exact) mass is 806 g/mol. The number of rotatable bonds is 6. The van der Waals surface area contributed by atoms with Crippen molar-refractivity contribution in [2.24, 2.45) is 0 Å². The number of hydrogen-bond acceptors (Lipinski definition) is 3. The number of hydrogen-bond donors (Lipinski definition) is 0.